The standard InChI is InChI=1S/C67H129NO5/c1-3-5-7-9-11-13-15-17-18-19-20-21-22-23-24-25-27-30-33-36-39-43-47-51-55-59-65(70)64(63-69)68-66(71)60-56-52-48-44-40-37-34-31-28-26-29-32-35-38-42-46-50-54-58-62-73-67(72)61-57-53-49-45-41-16-14-12-10-8-6-4-2/h26,28,55,59,64-65,69-70H,3-25,27,29-54,56-58,60-63H2,1-2H3,(H,68,71)/b28-26-,59-55+. The van der Waals surface area contributed by atoms with Crippen LogP contribution in [0.2, 0.25) is 0 Å². The Bertz CT molecular complexity index is 1140. The molecule has 0 fully saturated rings. The fourth-order valence-corrected chi connectivity index (χ4v) is 10.4. The van der Waals surface area contributed by atoms with Gasteiger partial charge in [0.2, 0.25) is 5.91 Å². The second kappa shape index (κ2) is 62.9. The van der Waals surface area contributed by atoms with Crippen LogP contribution in [0.5, 0.6) is 0 Å². The number of carbonyl (C=O) groups is 2. The van der Waals surface area contributed by atoms with Crippen LogP contribution in [-0.4, -0.2) is 47.4 Å². The molecule has 1 amide bonds. The summed E-state index contributed by atoms with van der Waals surface area (Å²) < 4.78 is 5.47. The lowest BCUT2D eigenvalue weighted by molar-refractivity contribution is -0.143. The van der Waals surface area contributed by atoms with Gasteiger partial charge in [0.1, 0.15) is 0 Å². The lowest BCUT2D eigenvalue weighted by atomic mass is 10.0. The summed E-state index contributed by atoms with van der Waals surface area (Å²) in [6.07, 6.45) is 78.0. The molecular formula is C67H129NO5. The van der Waals surface area contributed by atoms with Crippen LogP contribution >= 0.6 is 0 Å². The van der Waals surface area contributed by atoms with Crippen LogP contribution in [0.25, 0.3) is 0 Å². The van der Waals surface area contributed by atoms with Gasteiger partial charge in [-0.05, 0) is 57.8 Å². The largest absolute Gasteiger partial charge is 0.466 e. The summed E-state index contributed by atoms with van der Waals surface area (Å²) >= 11 is 0. The van der Waals surface area contributed by atoms with Crippen LogP contribution in [-0.2, 0) is 14.3 Å². The Hall–Kier alpha value is -1.66. The van der Waals surface area contributed by atoms with Crippen LogP contribution in [0.4, 0.5) is 0 Å². The van der Waals surface area contributed by atoms with Crippen LogP contribution < -0.4 is 5.32 Å². The smallest absolute Gasteiger partial charge is 0.305 e. The van der Waals surface area contributed by atoms with Crippen LogP contribution in [0.15, 0.2) is 24.3 Å². The van der Waals surface area contributed by atoms with Gasteiger partial charge in [-0.3, -0.25) is 9.59 Å². The molecule has 6 nitrogen and oxygen atoms in total. The Kier molecular flexibility index (Phi) is 61.4. The summed E-state index contributed by atoms with van der Waals surface area (Å²) in [7, 11) is 0. The number of carbonyl (C=O) groups excluding carboxylic acids is 2. The Morgan fingerprint density at radius 3 is 0.973 bits per heavy atom. The molecule has 432 valence electrons. The van der Waals surface area contributed by atoms with Crippen molar-refractivity contribution in [2.75, 3.05) is 13.2 Å². The number of nitrogens with one attached hydrogen (secondary N) is 1. The van der Waals surface area contributed by atoms with E-state index in [0.717, 1.165) is 51.4 Å². The van der Waals surface area contributed by atoms with Crippen molar-refractivity contribution in [3.05, 3.63) is 24.3 Å². The highest BCUT2D eigenvalue weighted by Crippen LogP contribution is 2.18. The molecule has 0 spiro atoms. The number of ether oxygens (including phenoxy) is 1. The van der Waals surface area contributed by atoms with Crippen molar-refractivity contribution in [3.63, 3.8) is 0 Å². The number of rotatable bonds is 62. The van der Waals surface area contributed by atoms with Gasteiger partial charge in [0, 0.05) is 12.8 Å². The Morgan fingerprint density at radius 2 is 0.644 bits per heavy atom. The fourth-order valence-electron chi connectivity index (χ4n) is 10.4. The first kappa shape index (κ1) is 71.3. The van der Waals surface area contributed by atoms with Crippen molar-refractivity contribution < 1.29 is 24.5 Å². The summed E-state index contributed by atoms with van der Waals surface area (Å²) in [5.74, 6) is -0.0690. The maximum absolute atomic E-state index is 12.5. The SMILES string of the molecule is CCCCCCCCCCCCCCCCCCCCCCCCC/C=C/C(O)C(CO)NC(=O)CCCCCCCCC/C=C\CCCCCCCCCCOC(=O)CCCCCCCCCCCCCC. The van der Waals surface area contributed by atoms with E-state index in [0.29, 0.717) is 19.4 Å². The molecule has 0 aromatic rings. The van der Waals surface area contributed by atoms with Crippen molar-refractivity contribution in [1.82, 2.24) is 5.32 Å². The summed E-state index contributed by atoms with van der Waals surface area (Å²) in [6.45, 7) is 4.92. The van der Waals surface area contributed by atoms with E-state index in [1.165, 1.54) is 289 Å². The van der Waals surface area contributed by atoms with Crippen LogP contribution in [0.3, 0.4) is 0 Å². The minimum atomic E-state index is -0.852. The molecule has 6 heteroatoms. The molecule has 2 atom stereocenters. The van der Waals surface area contributed by atoms with Gasteiger partial charge in [0.15, 0.2) is 0 Å². The first-order valence-corrected chi connectivity index (χ1v) is 33.1. The topological polar surface area (TPSA) is 95.9 Å². The number of aliphatic hydroxyl groups excluding tert-OH is 2. The molecule has 0 saturated carbocycles. The second-order valence-electron chi connectivity index (χ2n) is 22.8. The van der Waals surface area contributed by atoms with Gasteiger partial charge in [-0.15, -0.1) is 0 Å². The third-order valence-electron chi connectivity index (χ3n) is 15.5. The maximum atomic E-state index is 12.5. The molecule has 0 rings (SSSR count). The first-order chi connectivity index (χ1) is 36.0. The molecule has 0 saturated heterocycles. The fraction of sp³-hybridized carbons (Fsp3) is 0.910. The van der Waals surface area contributed by atoms with Gasteiger partial charge >= 0.3 is 5.97 Å². The third kappa shape index (κ3) is 59.4. The lowest BCUT2D eigenvalue weighted by Crippen LogP contribution is -2.45. The van der Waals surface area contributed by atoms with Crippen LogP contribution in [0, 0.1) is 0 Å². The lowest BCUT2D eigenvalue weighted by Gasteiger charge is -2.20. The first-order valence-electron chi connectivity index (χ1n) is 33.1. The molecule has 73 heavy (non-hydrogen) atoms. The summed E-state index contributed by atoms with van der Waals surface area (Å²) in [4.78, 5) is 24.5. The van der Waals surface area contributed by atoms with Gasteiger partial charge in [-0.25, -0.2) is 0 Å². The molecule has 0 aromatic heterocycles. The third-order valence-corrected chi connectivity index (χ3v) is 15.5. The number of hydrogen-bond acceptors (Lipinski definition) is 5. The van der Waals surface area contributed by atoms with Gasteiger partial charge < -0.3 is 20.3 Å². The Labute approximate surface area is 456 Å². The zero-order valence-corrected chi connectivity index (χ0v) is 49.4. The zero-order valence-electron chi connectivity index (χ0n) is 49.4. The van der Waals surface area contributed by atoms with Crippen molar-refractivity contribution in [1.29, 1.82) is 0 Å². The van der Waals surface area contributed by atoms with Crippen molar-refractivity contribution in [3.8, 4) is 0 Å². The molecule has 2 unspecified atom stereocenters. The summed E-state index contributed by atoms with van der Waals surface area (Å²) in [5.41, 5.74) is 0. The average Bonchev–Trinajstić information content (AvgIpc) is 3.39. The van der Waals surface area contributed by atoms with E-state index < -0.39 is 12.1 Å². The van der Waals surface area contributed by atoms with Crippen molar-refractivity contribution >= 4 is 11.9 Å². The molecule has 0 aliphatic carbocycles. The van der Waals surface area contributed by atoms with Crippen molar-refractivity contribution in [2.45, 2.75) is 379 Å². The van der Waals surface area contributed by atoms with E-state index in [9.17, 15) is 19.8 Å². The van der Waals surface area contributed by atoms with E-state index in [1.54, 1.807) is 6.08 Å². The molecular weight excluding hydrogens is 899 g/mol. The predicted octanol–water partition coefficient (Wildman–Crippen LogP) is 21.0. The van der Waals surface area contributed by atoms with Gasteiger partial charge in [0.05, 0.1) is 25.4 Å². The van der Waals surface area contributed by atoms with E-state index in [2.05, 4.69) is 31.3 Å². The number of esters is 1. The zero-order chi connectivity index (χ0) is 52.9. The monoisotopic (exact) mass is 1030 g/mol. The van der Waals surface area contributed by atoms with Gasteiger partial charge in [-0.1, -0.05) is 321 Å². The molecule has 3 N–H and O–H groups in total. The minimum absolute atomic E-state index is 0.00460. The van der Waals surface area contributed by atoms with E-state index in [1.807, 2.05) is 6.08 Å². The summed E-state index contributed by atoms with van der Waals surface area (Å²) in [5, 5.41) is 23.2. The highest BCUT2D eigenvalue weighted by Gasteiger charge is 2.18. The minimum Gasteiger partial charge on any atom is -0.466 e. The second-order valence-corrected chi connectivity index (χ2v) is 22.8. The van der Waals surface area contributed by atoms with E-state index in [4.69, 9.17) is 4.74 Å². The number of hydrogen-bond donors (Lipinski definition) is 3. The van der Waals surface area contributed by atoms with Crippen molar-refractivity contribution in [2.24, 2.45) is 0 Å². The van der Waals surface area contributed by atoms with Gasteiger partial charge in [0.25, 0.3) is 0 Å². The quantitative estimate of drug-likeness (QED) is 0.0320. The highest BCUT2D eigenvalue weighted by atomic mass is 16.5. The number of unbranched alkanes of at least 4 members (excludes halogenated alkanes) is 49. The molecule has 0 aliphatic heterocycles. The van der Waals surface area contributed by atoms with E-state index >= 15 is 0 Å². The molecule has 0 aromatic carbocycles. The number of aliphatic hydroxyl groups is 2. The normalized spacial score (nSPS) is 12.7. The predicted molar refractivity (Wildman–Crippen MR) is 320 cm³/mol. The molecule has 0 aliphatic rings. The van der Waals surface area contributed by atoms with Crippen LogP contribution in [0.1, 0.15) is 367 Å². The maximum Gasteiger partial charge on any atom is 0.305 e. The van der Waals surface area contributed by atoms with E-state index in [-0.39, 0.29) is 18.5 Å². The molecule has 0 heterocycles. The Balaban J connectivity index is 3.46. The summed E-state index contributed by atoms with van der Waals surface area (Å²) in [6, 6.07) is -0.636. The Morgan fingerprint density at radius 1 is 0.370 bits per heavy atom. The highest BCUT2D eigenvalue weighted by molar-refractivity contribution is 5.76. The van der Waals surface area contributed by atoms with Gasteiger partial charge in [-0.2, -0.15) is 0 Å². The average molecular weight is 1030 g/mol. The molecule has 0 bridgehead atoms. The number of allylic oxidation sites excluding steroid dienone is 3. The molecule has 0 radical (unpaired) electrons. The number of amides is 1.